The number of aromatic hydroxyl groups is 2. The van der Waals surface area contributed by atoms with Crippen molar-refractivity contribution in [2.45, 2.75) is 0 Å². The van der Waals surface area contributed by atoms with Crippen LogP contribution in [-0.4, -0.2) is 10.2 Å². The molecule has 1 unspecified atom stereocenters. The molecular weight excluding hydrogens is 375 g/mol. The Hall–Kier alpha value is -3.35. The molecule has 0 aliphatic rings. The smallest absolute Gasteiger partial charge is 0.131 e. The fourth-order valence-electron chi connectivity index (χ4n) is 4.02. The average Bonchev–Trinajstić information content (AvgIpc) is 2.75. The Morgan fingerprint density at radius 3 is 1.69 bits per heavy atom. The second-order valence-corrected chi connectivity index (χ2v) is 7.76. The highest BCUT2D eigenvalue weighted by atomic mass is 31.0. The highest BCUT2D eigenvalue weighted by Gasteiger charge is 2.18. The summed E-state index contributed by atoms with van der Waals surface area (Å²) in [7, 11) is 2.76. The summed E-state index contributed by atoms with van der Waals surface area (Å²) < 4.78 is 0. The van der Waals surface area contributed by atoms with Gasteiger partial charge in [0.1, 0.15) is 11.5 Å². The normalized spacial score (nSPS) is 11.2. The molecule has 2 N–H and O–H groups in total. The van der Waals surface area contributed by atoms with E-state index in [1.54, 1.807) is 0 Å². The minimum absolute atomic E-state index is 0.250. The molecule has 1 atom stereocenters. The van der Waals surface area contributed by atoms with Gasteiger partial charge in [-0.15, -0.1) is 9.24 Å². The first-order valence-corrected chi connectivity index (χ1v) is 10.0. The lowest BCUT2D eigenvalue weighted by molar-refractivity contribution is 0.482. The van der Waals surface area contributed by atoms with Gasteiger partial charge in [0, 0.05) is 27.5 Å². The van der Waals surface area contributed by atoms with Gasteiger partial charge >= 0.3 is 0 Å². The first kappa shape index (κ1) is 17.7. The fraction of sp³-hybridized carbons (Fsp3) is 0. The molecule has 0 bridgehead atoms. The summed E-state index contributed by atoms with van der Waals surface area (Å²) in [6.07, 6.45) is 0. The quantitative estimate of drug-likeness (QED) is 0.348. The van der Waals surface area contributed by atoms with E-state index in [2.05, 4.69) is 9.24 Å². The Kier molecular flexibility index (Phi) is 4.23. The summed E-state index contributed by atoms with van der Waals surface area (Å²) in [6.45, 7) is 0. The summed E-state index contributed by atoms with van der Waals surface area (Å²) in [5.74, 6) is 0.500. The van der Waals surface area contributed by atoms with Crippen molar-refractivity contribution in [2.24, 2.45) is 0 Å². The van der Waals surface area contributed by atoms with Crippen LogP contribution in [0.5, 0.6) is 11.5 Å². The third-order valence-electron chi connectivity index (χ3n) is 5.46. The maximum atomic E-state index is 11.1. The van der Waals surface area contributed by atoms with Crippen LogP contribution < -0.4 is 5.30 Å². The first-order chi connectivity index (χ1) is 14.1. The highest BCUT2D eigenvalue weighted by molar-refractivity contribution is 7.28. The molecule has 29 heavy (non-hydrogen) atoms. The molecule has 0 saturated heterocycles. The van der Waals surface area contributed by atoms with Crippen LogP contribution in [0.2, 0.25) is 0 Å². The Labute approximate surface area is 171 Å². The topological polar surface area (TPSA) is 40.5 Å². The van der Waals surface area contributed by atoms with Gasteiger partial charge in [-0.3, -0.25) is 0 Å². The van der Waals surface area contributed by atoms with Crippen molar-refractivity contribution in [3.05, 3.63) is 91.0 Å². The molecule has 3 heteroatoms. The van der Waals surface area contributed by atoms with Gasteiger partial charge in [0.2, 0.25) is 0 Å². The number of phenolic OH excluding ortho intramolecular Hbond substituents is 2. The van der Waals surface area contributed by atoms with Crippen molar-refractivity contribution in [1.82, 2.24) is 0 Å². The maximum Gasteiger partial charge on any atom is 0.131 e. The molecule has 0 aromatic heterocycles. The van der Waals surface area contributed by atoms with Crippen LogP contribution in [0.3, 0.4) is 0 Å². The zero-order valence-electron chi connectivity index (χ0n) is 15.6. The third-order valence-corrected chi connectivity index (χ3v) is 5.94. The lowest BCUT2D eigenvalue weighted by atomic mass is 9.90. The van der Waals surface area contributed by atoms with Crippen LogP contribution >= 0.6 is 9.24 Å². The molecule has 0 spiro atoms. The zero-order chi connectivity index (χ0) is 20.0. The van der Waals surface area contributed by atoms with E-state index in [9.17, 15) is 10.2 Å². The molecule has 5 aromatic rings. The van der Waals surface area contributed by atoms with Gasteiger partial charge in [0.15, 0.2) is 0 Å². The molecule has 0 radical (unpaired) electrons. The Balaban J connectivity index is 1.82. The summed E-state index contributed by atoms with van der Waals surface area (Å²) in [6, 6.07) is 29.5. The van der Waals surface area contributed by atoms with E-state index in [1.807, 2.05) is 91.0 Å². The van der Waals surface area contributed by atoms with E-state index in [0.717, 1.165) is 49.1 Å². The molecule has 0 aliphatic carbocycles. The molecular formula is C26H19O2P. The second kappa shape index (κ2) is 6.92. The van der Waals surface area contributed by atoms with Gasteiger partial charge in [0.25, 0.3) is 0 Å². The molecule has 0 saturated carbocycles. The predicted octanol–water partition coefficient (Wildman–Crippen LogP) is 6.24. The van der Waals surface area contributed by atoms with Crippen molar-refractivity contribution >= 4 is 36.1 Å². The van der Waals surface area contributed by atoms with Crippen molar-refractivity contribution in [1.29, 1.82) is 0 Å². The third kappa shape index (κ3) is 2.85. The number of fused-ring (bicyclic) bond motifs is 2. The first-order valence-electron chi connectivity index (χ1n) is 9.46. The Morgan fingerprint density at radius 1 is 0.483 bits per heavy atom. The number of hydrogen-bond acceptors (Lipinski definition) is 2. The lowest BCUT2D eigenvalue weighted by Gasteiger charge is -2.17. The van der Waals surface area contributed by atoms with E-state index in [4.69, 9.17) is 0 Å². The molecule has 0 fully saturated rings. The van der Waals surface area contributed by atoms with E-state index in [0.29, 0.717) is 0 Å². The zero-order valence-corrected chi connectivity index (χ0v) is 16.8. The monoisotopic (exact) mass is 394 g/mol. The maximum absolute atomic E-state index is 11.1. The van der Waals surface area contributed by atoms with Crippen LogP contribution in [0, 0.1) is 0 Å². The Morgan fingerprint density at radius 2 is 1.03 bits per heavy atom. The van der Waals surface area contributed by atoms with Gasteiger partial charge in [-0.2, -0.15) is 0 Å². The SMILES string of the molecule is Oc1c(-c2cccc(P)c2-c2ccc3ccccc3c2O)ccc2ccccc12. The minimum atomic E-state index is 0.250. The van der Waals surface area contributed by atoms with Crippen LogP contribution in [-0.2, 0) is 0 Å². The van der Waals surface area contributed by atoms with Crippen molar-refractivity contribution in [3.63, 3.8) is 0 Å². The predicted molar refractivity (Wildman–Crippen MR) is 125 cm³/mol. The Bertz CT molecular complexity index is 1390. The molecule has 5 aromatic carbocycles. The van der Waals surface area contributed by atoms with Gasteiger partial charge in [-0.05, 0) is 33.8 Å². The van der Waals surface area contributed by atoms with Crippen molar-refractivity contribution < 1.29 is 10.2 Å². The van der Waals surface area contributed by atoms with Gasteiger partial charge in [-0.1, -0.05) is 78.9 Å². The summed E-state index contributed by atoms with van der Waals surface area (Å²) in [5, 5.41) is 26.7. The van der Waals surface area contributed by atoms with E-state index in [-0.39, 0.29) is 11.5 Å². The largest absolute Gasteiger partial charge is 0.507 e. The summed E-state index contributed by atoms with van der Waals surface area (Å²) in [5.41, 5.74) is 3.27. The molecule has 5 rings (SSSR count). The van der Waals surface area contributed by atoms with E-state index >= 15 is 0 Å². The summed E-state index contributed by atoms with van der Waals surface area (Å²) >= 11 is 0. The van der Waals surface area contributed by atoms with Gasteiger partial charge in [0.05, 0.1) is 0 Å². The van der Waals surface area contributed by atoms with Crippen LogP contribution in [0.1, 0.15) is 0 Å². The van der Waals surface area contributed by atoms with Crippen LogP contribution in [0.25, 0.3) is 43.8 Å². The van der Waals surface area contributed by atoms with Crippen LogP contribution in [0.15, 0.2) is 91.0 Å². The highest BCUT2D eigenvalue weighted by Crippen LogP contribution is 2.43. The van der Waals surface area contributed by atoms with E-state index < -0.39 is 0 Å². The molecule has 0 aliphatic heterocycles. The van der Waals surface area contributed by atoms with Gasteiger partial charge in [-0.25, -0.2) is 0 Å². The minimum Gasteiger partial charge on any atom is -0.507 e. The number of rotatable bonds is 2. The summed E-state index contributed by atoms with van der Waals surface area (Å²) in [4.78, 5) is 0. The number of benzene rings is 5. The van der Waals surface area contributed by atoms with Crippen LogP contribution in [0.4, 0.5) is 0 Å². The molecule has 0 amide bonds. The van der Waals surface area contributed by atoms with Gasteiger partial charge < -0.3 is 10.2 Å². The number of phenols is 2. The number of hydrogen-bond donors (Lipinski definition) is 2. The van der Waals surface area contributed by atoms with E-state index in [1.165, 1.54) is 0 Å². The fourth-order valence-corrected chi connectivity index (χ4v) is 4.45. The molecule has 2 nitrogen and oxygen atoms in total. The molecule has 0 heterocycles. The second-order valence-electron chi connectivity index (χ2n) is 7.14. The average molecular weight is 394 g/mol. The molecule has 140 valence electrons. The standard InChI is InChI=1S/C26H19O2P/c27-25-18-8-3-1-6-16(18)12-14-21(25)20-10-5-11-23(29)24(20)22-15-13-17-7-2-4-9-19(17)26(22)28/h1-15,27-28H,29H2. The lowest BCUT2D eigenvalue weighted by Crippen LogP contribution is -2.00. The van der Waals surface area contributed by atoms with Crippen molar-refractivity contribution in [2.75, 3.05) is 0 Å². The van der Waals surface area contributed by atoms with Crippen molar-refractivity contribution in [3.8, 4) is 33.8 Å².